The van der Waals surface area contributed by atoms with Crippen LogP contribution in [0.15, 0.2) is 29.2 Å². The van der Waals surface area contributed by atoms with Crippen LogP contribution in [0.2, 0.25) is 0 Å². The van der Waals surface area contributed by atoms with Crippen molar-refractivity contribution in [3.8, 4) is 0 Å². The summed E-state index contributed by atoms with van der Waals surface area (Å²) in [6.45, 7) is 4.61. The van der Waals surface area contributed by atoms with Crippen molar-refractivity contribution in [2.24, 2.45) is 11.7 Å². The summed E-state index contributed by atoms with van der Waals surface area (Å²) in [5, 5.41) is 3.25. The maximum Gasteiger partial charge on any atom is 0.256 e. The van der Waals surface area contributed by atoms with E-state index in [-0.39, 0.29) is 17.3 Å². The molecule has 1 aromatic carbocycles. The van der Waals surface area contributed by atoms with Gasteiger partial charge in [-0.2, -0.15) is 4.31 Å². The number of nitrogens with zero attached hydrogens (tertiary/aromatic N) is 2. The van der Waals surface area contributed by atoms with E-state index < -0.39 is 21.8 Å². The first-order valence-corrected chi connectivity index (χ1v) is 13.0. The summed E-state index contributed by atoms with van der Waals surface area (Å²) in [5.41, 5.74) is 7.22. The van der Waals surface area contributed by atoms with Gasteiger partial charge in [0, 0.05) is 36.6 Å². The lowest BCUT2D eigenvalue weighted by atomic mass is 10.0. The molecule has 2 aliphatic rings. The largest absolute Gasteiger partial charge is 0.365 e. The van der Waals surface area contributed by atoms with Gasteiger partial charge in [-0.15, -0.1) is 23.7 Å². The number of halogens is 1. The standard InChI is InChI=1S/C22H28N4O4S2.ClH/c1-14-4-3-10-26(12-14)32(29,30)16-7-5-15(6-8-16)21(28)24-22-19(20(23)27)17-9-11-25(2)13-18(17)31-22;/h5-8,14H,3-4,9-13H2,1-2H3,(H2,23,27)(H,24,28);1H. The Bertz CT molecular complexity index is 1150. The molecule has 1 atom stereocenters. The van der Waals surface area contributed by atoms with E-state index in [4.69, 9.17) is 5.73 Å². The molecule has 0 spiro atoms. The van der Waals surface area contributed by atoms with E-state index in [2.05, 4.69) is 17.1 Å². The Labute approximate surface area is 204 Å². The Balaban J connectivity index is 0.00000306. The topological polar surface area (TPSA) is 113 Å². The van der Waals surface area contributed by atoms with Crippen molar-refractivity contribution >= 4 is 50.6 Å². The number of nitrogens with two attached hydrogens (primary N) is 1. The van der Waals surface area contributed by atoms with E-state index >= 15 is 0 Å². The molecule has 0 bridgehead atoms. The van der Waals surface area contributed by atoms with Gasteiger partial charge in [0.05, 0.1) is 10.5 Å². The van der Waals surface area contributed by atoms with Gasteiger partial charge in [0.2, 0.25) is 10.0 Å². The highest BCUT2D eigenvalue weighted by Gasteiger charge is 2.29. The van der Waals surface area contributed by atoms with Gasteiger partial charge < -0.3 is 16.0 Å². The predicted molar refractivity (Wildman–Crippen MR) is 132 cm³/mol. The zero-order valence-corrected chi connectivity index (χ0v) is 21.1. The van der Waals surface area contributed by atoms with Crippen molar-refractivity contribution in [1.82, 2.24) is 9.21 Å². The van der Waals surface area contributed by atoms with Crippen LogP contribution in [0.4, 0.5) is 5.00 Å². The minimum absolute atomic E-state index is 0. The van der Waals surface area contributed by atoms with Crippen LogP contribution in [-0.2, 0) is 23.0 Å². The molecule has 11 heteroatoms. The summed E-state index contributed by atoms with van der Waals surface area (Å²) in [7, 11) is -1.58. The molecule has 1 aromatic heterocycles. The average molecular weight is 513 g/mol. The molecule has 180 valence electrons. The number of fused-ring (bicyclic) bond motifs is 1. The monoisotopic (exact) mass is 512 g/mol. The minimum atomic E-state index is -3.58. The highest BCUT2D eigenvalue weighted by atomic mass is 35.5. The predicted octanol–water partition coefficient (Wildman–Crippen LogP) is 2.93. The van der Waals surface area contributed by atoms with Gasteiger partial charge in [-0.1, -0.05) is 6.92 Å². The number of carbonyl (C=O) groups excluding carboxylic acids is 2. The normalized spacial score (nSPS) is 19.4. The van der Waals surface area contributed by atoms with Gasteiger partial charge in [-0.05, 0) is 62.1 Å². The summed E-state index contributed by atoms with van der Waals surface area (Å²) >= 11 is 1.37. The number of anilines is 1. The Morgan fingerprint density at radius 2 is 1.88 bits per heavy atom. The molecule has 3 N–H and O–H groups in total. The molecule has 1 saturated heterocycles. The summed E-state index contributed by atoms with van der Waals surface area (Å²) in [6, 6.07) is 5.93. The quantitative estimate of drug-likeness (QED) is 0.639. The molecule has 1 unspecified atom stereocenters. The maximum atomic E-state index is 12.9. The number of benzene rings is 1. The second kappa shape index (κ2) is 10.1. The highest BCUT2D eigenvalue weighted by Crippen LogP contribution is 2.37. The van der Waals surface area contributed by atoms with E-state index in [1.807, 2.05) is 7.05 Å². The first-order chi connectivity index (χ1) is 15.2. The third kappa shape index (κ3) is 5.25. The van der Waals surface area contributed by atoms with Gasteiger partial charge in [0.15, 0.2) is 0 Å². The fraction of sp³-hybridized carbons (Fsp3) is 0.455. The number of hydrogen-bond acceptors (Lipinski definition) is 6. The lowest BCUT2D eigenvalue weighted by Gasteiger charge is -2.30. The number of hydrogen-bond donors (Lipinski definition) is 2. The molecule has 8 nitrogen and oxygen atoms in total. The van der Waals surface area contributed by atoms with E-state index in [9.17, 15) is 18.0 Å². The van der Waals surface area contributed by atoms with Crippen LogP contribution >= 0.6 is 23.7 Å². The van der Waals surface area contributed by atoms with E-state index in [0.717, 1.165) is 29.8 Å². The number of likely N-dealkylation sites (N-methyl/N-ethyl adjacent to an activating group) is 1. The second-order valence-electron chi connectivity index (χ2n) is 8.65. The van der Waals surface area contributed by atoms with Gasteiger partial charge in [0.1, 0.15) is 5.00 Å². The molecule has 0 radical (unpaired) electrons. The second-order valence-corrected chi connectivity index (χ2v) is 11.7. The van der Waals surface area contributed by atoms with Crippen molar-refractivity contribution in [3.05, 3.63) is 45.8 Å². The number of amides is 2. The number of rotatable bonds is 5. The Morgan fingerprint density at radius 3 is 2.52 bits per heavy atom. The molecule has 4 rings (SSSR count). The van der Waals surface area contributed by atoms with Crippen LogP contribution in [-0.4, -0.2) is 56.1 Å². The van der Waals surface area contributed by atoms with Gasteiger partial charge in [-0.25, -0.2) is 8.42 Å². The SMILES string of the molecule is CC1CCCN(S(=O)(=O)c2ccc(C(=O)Nc3sc4c(c3C(N)=O)CCN(C)C4)cc2)C1.Cl. The van der Waals surface area contributed by atoms with E-state index in [1.54, 1.807) is 0 Å². The third-order valence-corrected chi connectivity index (χ3v) is 9.11. The molecule has 2 aromatic rings. The molecule has 2 amide bonds. The molecular weight excluding hydrogens is 484 g/mol. The van der Waals surface area contributed by atoms with Crippen LogP contribution in [0, 0.1) is 5.92 Å². The molecular formula is C22H29ClN4O4S2. The number of thiophene rings is 1. The lowest BCUT2D eigenvalue weighted by Crippen LogP contribution is -2.39. The maximum absolute atomic E-state index is 12.9. The summed E-state index contributed by atoms with van der Waals surface area (Å²) < 4.78 is 27.4. The highest BCUT2D eigenvalue weighted by molar-refractivity contribution is 7.89. The number of primary amides is 1. The third-order valence-electron chi connectivity index (χ3n) is 6.10. The average Bonchev–Trinajstić information content (AvgIpc) is 3.10. The van der Waals surface area contributed by atoms with Crippen LogP contribution in [0.1, 0.15) is 50.9 Å². The van der Waals surface area contributed by atoms with Gasteiger partial charge in [-0.3, -0.25) is 9.59 Å². The summed E-state index contributed by atoms with van der Waals surface area (Å²) in [4.78, 5) is 28.3. The fourth-order valence-corrected chi connectivity index (χ4v) is 7.27. The molecule has 1 fully saturated rings. The number of piperidine rings is 1. The van der Waals surface area contributed by atoms with E-state index in [1.165, 1.54) is 39.9 Å². The fourth-order valence-electron chi connectivity index (χ4n) is 4.35. The van der Waals surface area contributed by atoms with Crippen LogP contribution in [0.25, 0.3) is 0 Å². The zero-order valence-electron chi connectivity index (χ0n) is 18.7. The molecule has 0 saturated carbocycles. The van der Waals surface area contributed by atoms with Crippen molar-refractivity contribution < 1.29 is 18.0 Å². The molecule has 2 aliphatic heterocycles. The van der Waals surface area contributed by atoms with Crippen molar-refractivity contribution in [2.45, 2.75) is 37.6 Å². The number of carbonyl (C=O) groups is 2. The lowest BCUT2D eigenvalue weighted by molar-refractivity contribution is 0.1000. The summed E-state index contributed by atoms with van der Waals surface area (Å²) in [6.07, 6.45) is 2.59. The smallest absolute Gasteiger partial charge is 0.256 e. The first kappa shape index (κ1) is 25.6. The van der Waals surface area contributed by atoms with Crippen molar-refractivity contribution in [1.29, 1.82) is 0 Å². The minimum Gasteiger partial charge on any atom is -0.365 e. The van der Waals surface area contributed by atoms with Crippen LogP contribution in [0.3, 0.4) is 0 Å². The molecule has 33 heavy (non-hydrogen) atoms. The zero-order chi connectivity index (χ0) is 23.0. The van der Waals surface area contributed by atoms with Gasteiger partial charge >= 0.3 is 0 Å². The van der Waals surface area contributed by atoms with E-state index in [0.29, 0.717) is 48.1 Å². The van der Waals surface area contributed by atoms with Crippen LogP contribution in [0.5, 0.6) is 0 Å². The van der Waals surface area contributed by atoms with Crippen molar-refractivity contribution in [2.75, 3.05) is 32.0 Å². The Kier molecular flexibility index (Phi) is 7.85. The number of nitrogens with one attached hydrogen (secondary N) is 1. The Hall–Kier alpha value is -1.98. The van der Waals surface area contributed by atoms with Crippen molar-refractivity contribution in [3.63, 3.8) is 0 Å². The Morgan fingerprint density at radius 1 is 1.18 bits per heavy atom. The van der Waals surface area contributed by atoms with Crippen LogP contribution < -0.4 is 11.1 Å². The molecule has 0 aliphatic carbocycles. The van der Waals surface area contributed by atoms with Gasteiger partial charge in [0.25, 0.3) is 11.8 Å². The summed E-state index contributed by atoms with van der Waals surface area (Å²) in [5.74, 6) is -0.631. The molecule has 3 heterocycles. The first-order valence-electron chi connectivity index (χ1n) is 10.7. The number of sulfonamides is 1.